The van der Waals surface area contributed by atoms with Crippen LogP contribution in [0, 0.1) is 0 Å². The Kier molecular flexibility index (Phi) is 6.89. The Bertz CT molecular complexity index is 904. The summed E-state index contributed by atoms with van der Waals surface area (Å²) in [5.41, 5.74) is 7.90. The van der Waals surface area contributed by atoms with Gasteiger partial charge >= 0.3 is 0 Å². The lowest BCUT2D eigenvalue weighted by atomic mass is 10.1. The molecule has 0 aliphatic carbocycles. The van der Waals surface area contributed by atoms with Crippen molar-refractivity contribution >= 4 is 47.7 Å². The molecule has 0 saturated carbocycles. The molecule has 3 aromatic rings. The van der Waals surface area contributed by atoms with Crippen LogP contribution in [0.3, 0.4) is 0 Å². The van der Waals surface area contributed by atoms with Crippen molar-refractivity contribution in [1.29, 1.82) is 0 Å². The second-order valence-corrected chi connectivity index (χ2v) is 5.90. The first-order valence-electron chi connectivity index (χ1n) is 8.05. The van der Waals surface area contributed by atoms with Crippen molar-refractivity contribution < 1.29 is 4.79 Å². The number of nitrogens with zero attached hydrogens (tertiary/aromatic N) is 6. The van der Waals surface area contributed by atoms with Crippen LogP contribution in [0.1, 0.15) is 11.6 Å². The van der Waals surface area contributed by atoms with Gasteiger partial charge in [0.2, 0.25) is 5.91 Å². The van der Waals surface area contributed by atoms with Crippen LogP contribution in [0.25, 0.3) is 11.2 Å². The van der Waals surface area contributed by atoms with Gasteiger partial charge in [-0.1, -0.05) is 6.07 Å². The molecule has 4 heterocycles. The minimum atomic E-state index is -0.0376. The zero-order valence-corrected chi connectivity index (χ0v) is 16.0. The number of nitrogens with two attached hydrogens (primary N) is 1. The number of aromatic nitrogens is 5. The Morgan fingerprint density at radius 1 is 1.30 bits per heavy atom. The fraction of sp³-hybridized carbons (Fsp3) is 0.312. The van der Waals surface area contributed by atoms with Crippen LogP contribution < -0.4 is 11.1 Å². The Morgan fingerprint density at radius 2 is 2.15 bits per heavy atom. The molecule has 144 valence electrons. The third kappa shape index (κ3) is 4.10. The molecule has 0 radical (unpaired) electrons. The number of carbonyl (C=O) groups is 1. The van der Waals surface area contributed by atoms with Gasteiger partial charge in [0.25, 0.3) is 0 Å². The van der Waals surface area contributed by atoms with E-state index < -0.39 is 0 Å². The molecule has 27 heavy (non-hydrogen) atoms. The highest BCUT2D eigenvalue weighted by molar-refractivity contribution is 5.86. The lowest BCUT2D eigenvalue weighted by molar-refractivity contribution is -0.135. The van der Waals surface area contributed by atoms with Crippen molar-refractivity contribution in [2.75, 3.05) is 25.4 Å². The van der Waals surface area contributed by atoms with Crippen LogP contribution in [0.5, 0.6) is 0 Å². The number of hydrogen-bond acceptors (Lipinski definition) is 7. The highest BCUT2D eigenvalue weighted by Crippen LogP contribution is 2.22. The SMILES string of the molecule is Cl.Cl.Nc1ncnc2c1ncn2CC(=O)N1CCNCC1c1cccnc1. The van der Waals surface area contributed by atoms with Gasteiger partial charge in [-0.3, -0.25) is 9.78 Å². The minimum Gasteiger partial charge on any atom is -0.382 e. The van der Waals surface area contributed by atoms with Crippen LogP contribution in [-0.4, -0.2) is 54.9 Å². The molecule has 1 saturated heterocycles. The van der Waals surface area contributed by atoms with E-state index >= 15 is 0 Å². The lowest BCUT2D eigenvalue weighted by Gasteiger charge is -2.36. The third-order valence-electron chi connectivity index (χ3n) is 4.37. The lowest BCUT2D eigenvalue weighted by Crippen LogP contribution is -2.49. The first kappa shape index (κ1) is 20.8. The van der Waals surface area contributed by atoms with Gasteiger partial charge in [-0.05, 0) is 11.6 Å². The van der Waals surface area contributed by atoms with Gasteiger partial charge in [-0.25, -0.2) is 15.0 Å². The Hall–Kier alpha value is -2.49. The van der Waals surface area contributed by atoms with Crippen LogP contribution >= 0.6 is 24.8 Å². The van der Waals surface area contributed by atoms with Crippen molar-refractivity contribution in [3.05, 3.63) is 42.7 Å². The number of imidazole rings is 1. The van der Waals surface area contributed by atoms with E-state index in [9.17, 15) is 4.79 Å². The number of amides is 1. The largest absolute Gasteiger partial charge is 0.382 e. The van der Waals surface area contributed by atoms with Gasteiger partial charge < -0.3 is 20.5 Å². The predicted molar refractivity (Wildman–Crippen MR) is 106 cm³/mol. The highest BCUT2D eigenvalue weighted by atomic mass is 35.5. The Morgan fingerprint density at radius 3 is 2.93 bits per heavy atom. The van der Waals surface area contributed by atoms with Gasteiger partial charge in [0.05, 0.1) is 12.4 Å². The second kappa shape index (κ2) is 8.94. The molecule has 1 aliphatic heterocycles. The molecule has 1 fully saturated rings. The number of piperazine rings is 1. The molecule has 0 aromatic carbocycles. The molecule has 3 N–H and O–H groups in total. The Balaban J connectivity index is 0.00000131. The minimum absolute atomic E-state index is 0. The smallest absolute Gasteiger partial charge is 0.243 e. The molecule has 4 rings (SSSR count). The Labute approximate surface area is 168 Å². The van der Waals surface area contributed by atoms with Gasteiger partial charge in [0, 0.05) is 32.0 Å². The molecule has 0 spiro atoms. The van der Waals surface area contributed by atoms with Gasteiger partial charge in [0.1, 0.15) is 18.4 Å². The summed E-state index contributed by atoms with van der Waals surface area (Å²) >= 11 is 0. The molecule has 1 atom stereocenters. The zero-order valence-electron chi connectivity index (χ0n) is 14.4. The molecular weight excluding hydrogens is 391 g/mol. The summed E-state index contributed by atoms with van der Waals surface area (Å²) in [6.45, 7) is 2.27. The molecule has 1 amide bonds. The summed E-state index contributed by atoms with van der Waals surface area (Å²) in [6.07, 6.45) is 6.49. The first-order valence-corrected chi connectivity index (χ1v) is 8.05. The van der Waals surface area contributed by atoms with E-state index in [1.807, 2.05) is 17.0 Å². The van der Waals surface area contributed by atoms with Crippen LogP contribution in [0.15, 0.2) is 37.2 Å². The van der Waals surface area contributed by atoms with E-state index in [-0.39, 0.29) is 43.3 Å². The summed E-state index contributed by atoms with van der Waals surface area (Å²) in [5, 5.41) is 3.34. The van der Waals surface area contributed by atoms with Crippen LogP contribution in [-0.2, 0) is 11.3 Å². The van der Waals surface area contributed by atoms with Gasteiger partial charge in [-0.15, -0.1) is 24.8 Å². The zero-order chi connectivity index (χ0) is 17.2. The van der Waals surface area contributed by atoms with Crippen molar-refractivity contribution in [2.45, 2.75) is 12.6 Å². The number of halogens is 2. The molecule has 11 heteroatoms. The fourth-order valence-corrected chi connectivity index (χ4v) is 3.12. The van der Waals surface area contributed by atoms with Crippen molar-refractivity contribution in [2.24, 2.45) is 0 Å². The summed E-state index contributed by atoms with van der Waals surface area (Å²) < 4.78 is 1.71. The summed E-state index contributed by atoms with van der Waals surface area (Å²) in [7, 11) is 0. The molecule has 9 nitrogen and oxygen atoms in total. The van der Waals surface area contributed by atoms with Gasteiger partial charge in [0.15, 0.2) is 11.5 Å². The molecule has 3 aromatic heterocycles. The van der Waals surface area contributed by atoms with E-state index in [1.54, 1.807) is 23.3 Å². The topological polar surface area (TPSA) is 115 Å². The fourth-order valence-electron chi connectivity index (χ4n) is 3.12. The summed E-state index contributed by atoms with van der Waals surface area (Å²) in [6, 6.07) is 3.84. The van der Waals surface area contributed by atoms with E-state index in [0.29, 0.717) is 30.1 Å². The number of rotatable bonds is 3. The maximum atomic E-state index is 12.9. The molecular formula is C16H20Cl2N8O. The first-order chi connectivity index (χ1) is 12.2. The number of anilines is 1. The van der Waals surface area contributed by atoms with Crippen molar-refractivity contribution in [3.63, 3.8) is 0 Å². The maximum Gasteiger partial charge on any atom is 0.243 e. The number of hydrogen-bond donors (Lipinski definition) is 2. The normalized spacial score (nSPS) is 16.4. The van der Waals surface area contributed by atoms with Crippen LogP contribution in [0.4, 0.5) is 5.82 Å². The van der Waals surface area contributed by atoms with Gasteiger partial charge in [-0.2, -0.15) is 0 Å². The molecule has 1 unspecified atom stereocenters. The average Bonchev–Trinajstić information content (AvgIpc) is 3.07. The van der Waals surface area contributed by atoms with E-state index in [0.717, 1.165) is 12.1 Å². The number of nitrogens with one attached hydrogen (secondary N) is 1. The third-order valence-corrected chi connectivity index (χ3v) is 4.37. The van der Waals surface area contributed by atoms with Crippen LogP contribution in [0.2, 0.25) is 0 Å². The van der Waals surface area contributed by atoms with Crippen molar-refractivity contribution in [3.8, 4) is 0 Å². The van der Waals surface area contributed by atoms with E-state index in [1.165, 1.54) is 6.33 Å². The second-order valence-electron chi connectivity index (χ2n) is 5.90. The number of fused-ring (bicyclic) bond motifs is 1. The number of carbonyl (C=O) groups excluding carboxylic acids is 1. The predicted octanol–water partition coefficient (Wildman–Crippen LogP) is 0.820. The van der Waals surface area contributed by atoms with E-state index in [2.05, 4.69) is 25.3 Å². The highest BCUT2D eigenvalue weighted by Gasteiger charge is 2.28. The number of pyridine rings is 1. The van der Waals surface area contributed by atoms with Crippen molar-refractivity contribution in [1.82, 2.24) is 34.7 Å². The summed E-state index contributed by atoms with van der Waals surface area (Å²) in [5.74, 6) is 0.318. The number of nitrogen functional groups attached to an aromatic ring is 1. The molecule has 0 bridgehead atoms. The quantitative estimate of drug-likeness (QED) is 0.656. The maximum absolute atomic E-state index is 12.9. The summed E-state index contributed by atoms with van der Waals surface area (Å²) in [4.78, 5) is 31.3. The molecule has 1 aliphatic rings. The standard InChI is InChI=1S/C16H18N8O.2ClH/c17-15-14-16(21-9-20-15)23(10-22-14)8-13(25)24-5-4-19-7-12(24)11-2-1-3-18-6-11;;/h1-3,6,9-10,12,19H,4-5,7-8H2,(H2,17,20,21);2*1H. The monoisotopic (exact) mass is 410 g/mol. The average molecular weight is 411 g/mol. The van der Waals surface area contributed by atoms with E-state index in [4.69, 9.17) is 5.73 Å².